The molecule has 0 fully saturated rings. The van der Waals surface area contributed by atoms with E-state index in [1.807, 2.05) is 0 Å². The Hall–Kier alpha value is -0.780. The molecule has 0 saturated carbocycles. The molecule has 1 aromatic rings. The van der Waals surface area contributed by atoms with E-state index in [4.69, 9.17) is 15.2 Å². The van der Waals surface area contributed by atoms with E-state index in [-0.39, 0.29) is 6.04 Å². The van der Waals surface area contributed by atoms with Gasteiger partial charge >= 0.3 is 0 Å². The maximum Gasteiger partial charge on any atom is 0.175 e. The van der Waals surface area contributed by atoms with Crippen LogP contribution in [0.3, 0.4) is 0 Å². The molecule has 4 nitrogen and oxygen atoms in total. The molecule has 0 bridgehead atoms. The van der Waals surface area contributed by atoms with Gasteiger partial charge in [-0.05, 0) is 60.4 Å². The van der Waals surface area contributed by atoms with Crippen LogP contribution >= 0.6 is 15.9 Å². The molecule has 5 heteroatoms. The summed E-state index contributed by atoms with van der Waals surface area (Å²) in [5.41, 5.74) is 7.25. The highest BCUT2D eigenvalue weighted by molar-refractivity contribution is 9.10. The first-order valence-corrected chi connectivity index (χ1v) is 8.42. The first-order chi connectivity index (χ1) is 10.1. The molecule has 0 saturated heterocycles. The lowest BCUT2D eigenvalue weighted by molar-refractivity contribution is 0.153. The first-order valence-electron chi connectivity index (χ1n) is 7.63. The summed E-state index contributed by atoms with van der Waals surface area (Å²) in [7, 11) is 0. The molecule has 1 heterocycles. The lowest BCUT2D eigenvalue weighted by atomic mass is 10.0. The number of nitrogens with two attached hydrogens (primary N) is 1. The number of hydrogen-bond acceptors (Lipinski definition) is 4. The highest BCUT2D eigenvalue weighted by Gasteiger charge is 2.24. The van der Waals surface area contributed by atoms with Crippen molar-refractivity contribution in [2.24, 2.45) is 5.73 Å². The van der Waals surface area contributed by atoms with E-state index in [0.717, 1.165) is 28.9 Å². The molecule has 118 valence electrons. The predicted molar refractivity (Wildman–Crippen MR) is 89.1 cm³/mol. The molecular formula is C16H25BrN2O2. The van der Waals surface area contributed by atoms with Crippen LogP contribution in [-0.2, 0) is 0 Å². The quantitative estimate of drug-likeness (QED) is 0.848. The molecule has 0 aromatic heterocycles. The second-order valence-electron chi connectivity index (χ2n) is 5.61. The minimum Gasteiger partial charge on any atom is -0.486 e. The molecule has 1 aliphatic heterocycles. The van der Waals surface area contributed by atoms with Crippen LogP contribution in [0.15, 0.2) is 16.6 Å². The van der Waals surface area contributed by atoms with Gasteiger partial charge < -0.3 is 15.2 Å². The summed E-state index contributed by atoms with van der Waals surface area (Å²) < 4.78 is 12.3. The van der Waals surface area contributed by atoms with Crippen molar-refractivity contribution in [1.82, 2.24) is 4.90 Å². The number of halogens is 1. The number of nitrogens with zero attached hydrogens (tertiary/aromatic N) is 1. The fourth-order valence-corrected chi connectivity index (χ4v) is 3.39. The van der Waals surface area contributed by atoms with Crippen LogP contribution in [-0.4, -0.2) is 37.2 Å². The van der Waals surface area contributed by atoms with E-state index in [2.05, 4.69) is 53.7 Å². The summed E-state index contributed by atoms with van der Waals surface area (Å²) in [6, 6.07) is 4.82. The van der Waals surface area contributed by atoms with E-state index in [0.29, 0.717) is 25.8 Å². The molecular weight excluding hydrogens is 332 g/mol. The van der Waals surface area contributed by atoms with Gasteiger partial charge in [0, 0.05) is 18.6 Å². The van der Waals surface area contributed by atoms with E-state index < -0.39 is 0 Å². The van der Waals surface area contributed by atoms with E-state index in [1.165, 1.54) is 5.56 Å². The molecule has 0 amide bonds. The summed E-state index contributed by atoms with van der Waals surface area (Å²) >= 11 is 3.59. The van der Waals surface area contributed by atoms with E-state index >= 15 is 0 Å². The summed E-state index contributed by atoms with van der Waals surface area (Å²) in [6.07, 6.45) is 1.11. The topological polar surface area (TPSA) is 47.7 Å². The molecule has 1 unspecified atom stereocenters. The largest absolute Gasteiger partial charge is 0.486 e. The van der Waals surface area contributed by atoms with Crippen molar-refractivity contribution in [2.45, 2.75) is 39.3 Å². The summed E-state index contributed by atoms with van der Waals surface area (Å²) in [4.78, 5) is 2.44. The van der Waals surface area contributed by atoms with Crippen LogP contribution in [0.5, 0.6) is 11.5 Å². The summed E-state index contributed by atoms with van der Waals surface area (Å²) in [5, 5.41) is 0. The average Bonchev–Trinajstić information content (AvgIpc) is 2.47. The van der Waals surface area contributed by atoms with Crippen molar-refractivity contribution >= 4 is 15.9 Å². The van der Waals surface area contributed by atoms with Crippen LogP contribution in [0.1, 0.15) is 38.8 Å². The van der Waals surface area contributed by atoms with E-state index in [1.54, 1.807) is 0 Å². The van der Waals surface area contributed by atoms with Gasteiger partial charge in [-0.15, -0.1) is 0 Å². The smallest absolute Gasteiger partial charge is 0.175 e. The zero-order chi connectivity index (χ0) is 15.4. The van der Waals surface area contributed by atoms with Gasteiger partial charge in [0.15, 0.2) is 11.5 Å². The molecule has 2 rings (SSSR count). The number of ether oxygens (including phenoxy) is 2. The fraction of sp³-hybridized carbons (Fsp3) is 0.625. The maximum absolute atomic E-state index is 6.07. The monoisotopic (exact) mass is 356 g/mol. The lowest BCUT2D eigenvalue weighted by Gasteiger charge is -2.35. The van der Waals surface area contributed by atoms with Gasteiger partial charge in [-0.3, -0.25) is 4.90 Å². The second kappa shape index (κ2) is 7.47. The molecule has 1 aromatic carbocycles. The lowest BCUT2D eigenvalue weighted by Crippen LogP contribution is -2.39. The standard InChI is InChI=1S/C16H25BrN2O2/c1-4-5-19(11(2)3)14(10-18)12-8-13(17)16-15(9-12)20-6-7-21-16/h8-9,11,14H,4-7,10,18H2,1-3H3. The van der Waals surface area contributed by atoms with Crippen molar-refractivity contribution < 1.29 is 9.47 Å². The SMILES string of the molecule is CCCN(C(C)C)C(CN)c1cc(Br)c2c(c1)OCCO2. The van der Waals surface area contributed by atoms with Gasteiger partial charge in [-0.25, -0.2) is 0 Å². The van der Waals surface area contributed by atoms with Crippen LogP contribution in [0.2, 0.25) is 0 Å². The Bertz CT molecular complexity index is 480. The van der Waals surface area contributed by atoms with Gasteiger partial charge in [0.1, 0.15) is 13.2 Å². The zero-order valence-electron chi connectivity index (χ0n) is 13.1. The first kappa shape index (κ1) is 16.6. The maximum atomic E-state index is 6.07. The highest BCUT2D eigenvalue weighted by atomic mass is 79.9. The van der Waals surface area contributed by atoms with Gasteiger partial charge in [-0.2, -0.15) is 0 Å². The Kier molecular flexibility index (Phi) is 5.90. The zero-order valence-corrected chi connectivity index (χ0v) is 14.6. The Morgan fingerprint density at radius 1 is 1.29 bits per heavy atom. The number of hydrogen-bond donors (Lipinski definition) is 1. The number of rotatable bonds is 6. The van der Waals surface area contributed by atoms with Crippen LogP contribution in [0.4, 0.5) is 0 Å². The van der Waals surface area contributed by atoms with Gasteiger partial charge in [-0.1, -0.05) is 6.92 Å². The van der Waals surface area contributed by atoms with Crippen molar-refractivity contribution in [1.29, 1.82) is 0 Å². The van der Waals surface area contributed by atoms with E-state index in [9.17, 15) is 0 Å². The van der Waals surface area contributed by atoms with Crippen molar-refractivity contribution in [3.8, 4) is 11.5 Å². The van der Waals surface area contributed by atoms with Gasteiger partial charge in [0.25, 0.3) is 0 Å². The third kappa shape index (κ3) is 3.71. The highest BCUT2D eigenvalue weighted by Crippen LogP contribution is 2.40. The Balaban J connectivity index is 2.35. The molecule has 1 aliphatic rings. The average molecular weight is 357 g/mol. The van der Waals surface area contributed by atoms with Crippen LogP contribution in [0, 0.1) is 0 Å². The fourth-order valence-electron chi connectivity index (χ4n) is 2.82. The van der Waals surface area contributed by atoms with Crippen molar-refractivity contribution in [3.05, 3.63) is 22.2 Å². The molecule has 0 aliphatic carbocycles. The Labute approximate surface area is 135 Å². The van der Waals surface area contributed by atoms with Crippen molar-refractivity contribution in [2.75, 3.05) is 26.3 Å². The van der Waals surface area contributed by atoms with Gasteiger partial charge in [0.05, 0.1) is 4.47 Å². The molecule has 2 N–H and O–H groups in total. The van der Waals surface area contributed by atoms with Gasteiger partial charge in [0.2, 0.25) is 0 Å². The minimum atomic E-state index is 0.192. The number of benzene rings is 1. The van der Waals surface area contributed by atoms with Crippen LogP contribution in [0.25, 0.3) is 0 Å². The predicted octanol–water partition coefficient (Wildman–Crippen LogP) is 3.34. The Morgan fingerprint density at radius 3 is 2.62 bits per heavy atom. The third-order valence-electron chi connectivity index (χ3n) is 3.77. The summed E-state index contributed by atoms with van der Waals surface area (Å²) in [6.45, 7) is 9.44. The minimum absolute atomic E-state index is 0.192. The number of fused-ring (bicyclic) bond motifs is 1. The van der Waals surface area contributed by atoms with Crippen molar-refractivity contribution in [3.63, 3.8) is 0 Å². The molecule has 1 atom stereocenters. The van der Waals surface area contributed by atoms with Crippen LogP contribution < -0.4 is 15.2 Å². The summed E-state index contributed by atoms with van der Waals surface area (Å²) in [5.74, 6) is 1.61. The third-order valence-corrected chi connectivity index (χ3v) is 4.36. The Morgan fingerprint density at radius 2 is 2.00 bits per heavy atom. The molecule has 0 radical (unpaired) electrons. The molecule has 21 heavy (non-hydrogen) atoms. The normalized spacial score (nSPS) is 15.6. The molecule has 0 spiro atoms. The second-order valence-corrected chi connectivity index (χ2v) is 6.46.